The van der Waals surface area contributed by atoms with Gasteiger partial charge in [0.05, 0.1) is 0 Å². The number of carbonyl (C=O) groups excluding carboxylic acids is 1. The molecule has 0 bridgehead atoms. The molecule has 24 heavy (non-hydrogen) atoms. The molecule has 0 spiro atoms. The van der Waals surface area contributed by atoms with Gasteiger partial charge in [-0.2, -0.15) is 0 Å². The molecule has 0 saturated heterocycles. The summed E-state index contributed by atoms with van der Waals surface area (Å²) >= 11 is 0. The number of aryl methyl sites for hydroxylation is 2. The third kappa shape index (κ3) is 3.97. The van der Waals surface area contributed by atoms with Crippen molar-refractivity contribution in [1.82, 2.24) is 4.90 Å². The summed E-state index contributed by atoms with van der Waals surface area (Å²) in [6.07, 6.45) is 4.30. The minimum absolute atomic E-state index is 0.00317. The van der Waals surface area contributed by atoms with Gasteiger partial charge in [-0.15, -0.1) is 0 Å². The lowest BCUT2D eigenvalue weighted by Gasteiger charge is -2.23. The molecule has 0 aromatic heterocycles. The van der Waals surface area contributed by atoms with Gasteiger partial charge in [-0.25, -0.2) is 0 Å². The molecule has 0 heterocycles. The topological polar surface area (TPSA) is 29.5 Å². The highest BCUT2D eigenvalue weighted by Crippen LogP contribution is 2.26. The Hall–Kier alpha value is -2.29. The second-order valence-electron chi connectivity index (χ2n) is 6.58. The Morgan fingerprint density at radius 1 is 1.08 bits per heavy atom. The summed E-state index contributed by atoms with van der Waals surface area (Å²) in [6.45, 7) is 2.42. The van der Waals surface area contributed by atoms with Crippen molar-refractivity contribution in [1.29, 1.82) is 0 Å². The lowest BCUT2D eigenvalue weighted by atomic mass is 9.92. The van der Waals surface area contributed by atoms with Gasteiger partial charge < -0.3 is 9.64 Å². The van der Waals surface area contributed by atoms with Crippen LogP contribution < -0.4 is 4.74 Å². The fourth-order valence-corrected chi connectivity index (χ4v) is 3.28. The van der Waals surface area contributed by atoms with Crippen LogP contribution in [0, 0.1) is 0 Å². The molecular weight excluding hydrogens is 298 g/mol. The molecule has 3 nitrogen and oxygen atoms in total. The summed E-state index contributed by atoms with van der Waals surface area (Å²) in [5.74, 6) is 0.793. The van der Waals surface area contributed by atoms with Gasteiger partial charge in [0.1, 0.15) is 5.75 Å². The molecule has 1 aliphatic carbocycles. The van der Waals surface area contributed by atoms with E-state index in [1.807, 2.05) is 50.4 Å². The fourth-order valence-electron chi connectivity index (χ4n) is 3.28. The van der Waals surface area contributed by atoms with E-state index in [1.165, 1.54) is 24.0 Å². The smallest absolute Gasteiger partial charge is 0.263 e. The highest BCUT2D eigenvalue weighted by Gasteiger charge is 2.20. The second-order valence-corrected chi connectivity index (χ2v) is 6.58. The van der Waals surface area contributed by atoms with E-state index in [0.717, 1.165) is 24.2 Å². The zero-order valence-corrected chi connectivity index (χ0v) is 14.5. The molecule has 3 heteroatoms. The number of benzene rings is 2. The Morgan fingerprint density at radius 2 is 1.79 bits per heavy atom. The molecule has 1 amide bonds. The quantitative estimate of drug-likeness (QED) is 0.832. The van der Waals surface area contributed by atoms with Gasteiger partial charge in [-0.1, -0.05) is 36.4 Å². The van der Waals surface area contributed by atoms with Crippen LogP contribution in [-0.2, 0) is 24.2 Å². The average molecular weight is 323 g/mol. The van der Waals surface area contributed by atoms with Crippen LogP contribution in [-0.4, -0.2) is 24.0 Å². The van der Waals surface area contributed by atoms with E-state index in [9.17, 15) is 4.79 Å². The molecule has 126 valence electrons. The van der Waals surface area contributed by atoms with Crippen LogP contribution in [0.5, 0.6) is 5.75 Å². The molecule has 1 atom stereocenters. The standard InChI is InChI=1S/C21H25NO2/c1-16(21(23)22(2)15-17-8-4-3-5-9-17)24-20-13-12-18-10-6-7-11-19(18)14-20/h3-5,8-9,12-14,16H,6-7,10-11,15H2,1-2H3. The largest absolute Gasteiger partial charge is 0.481 e. The number of likely N-dealkylation sites (N-methyl/N-ethyl adjacent to an activating group) is 1. The fraction of sp³-hybridized carbons (Fsp3) is 0.381. The minimum atomic E-state index is -0.486. The van der Waals surface area contributed by atoms with Gasteiger partial charge in [-0.3, -0.25) is 4.79 Å². The van der Waals surface area contributed by atoms with Crippen molar-refractivity contribution in [3.63, 3.8) is 0 Å². The summed E-state index contributed by atoms with van der Waals surface area (Å²) in [4.78, 5) is 14.3. The van der Waals surface area contributed by atoms with E-state index in [0.29, 0.717) is 6.54 Å². The highest BCUT2D eigenvalue weighted by atomic mass is 16.5. The van der Waals surface area contributed by atoms with Crippen molar-refractivity contribution in [2.75, 3.05) is 7.05 Å². The Labute approximate surface area is 144 Å². The zero-order chi connectivity index (χ0) is 16.9. The van der Waals surface area contributed by atoms with E-state index >= 15 is 0 Å². The Bertz CT molecular complexity index is 696. The summed E-state index contributed by atoms with van der Waals surface area (Å²) in [7, 11) is 1.82. The number of rotatable bonds is 5. The van der Waals surface area contributed by atoms with Gasteiger partial charge in [0.25, 0.3) is 5.91 Å². The van der Waals surface area contributed by atoms with Gasteiger partial charge in [0, 0.05) is 13.6 Å². The molecule has 0 saturated carbocycles. The van der Waals surface area contributed by atoms with Gasteiger partial charge >= 0.3 is 0 Å². The number of hydrogen-bond donors (Lipinski definition) is 0. The van der Waals surface area contributed by atoms with Crippen LogP contribution in [0.25, 0.3) is 0 Å². The third-order valence-corrected chi connectivity index (χ3v) is 4.62. The lowest BCUT2D eigenvalue weighted by Crippen LogP contribution is -2.37. The van der Waals surface area contributed by atoms with E-state index < -0.39 is 6.10 Å². The number of amides is 1. The number of ether oxygens (including phenoxy) is 1. The molecule has 0 aliphatic heterocycles. The van der Waals surface area contributed by atoms with E-state index in [4.69, 9.17) is 4.74 Å². The predicted molar refractivity (Wildman–Crippen MR) is 96.1 cm³/mol. The molecule has 0 radical (unpaired) electrons. The molecule has 2 aromatic carbocycles. The Morgan fingerprint density at radius 3 is 2.54 bits per heavy atom. The normalized spacial score (nSPS) is 14.6. The maximum absolute atomic E-state index is 12.5. The molecule has 3 rings (SSSR count). The molecule has 1 aliphatic rings. The van der Waals surface area contributed by atoms with Crippen molar-refractivity contribution >= 4 is 5.91 Å². The van der Waals surface area contributed by atoms with Crippen LogP contribution in [0.1, 0.15) is 36.5 Å². The van der Waals surface area contributed by atoms with Crippen molar-refractivity contribution in [2.45, 2.75) is 45.3 Å². The SMILES string of the molecule is CC(Oc1ccc2c(c1)CCCC2)C(=O)N(C)Cc1ccccc1. The lowest BCUT2D eigenvalue weighted by molar-refractivity contribution is -0.137. The van der Waals surface area contributed by atoms with Crippen molar-refractivity contribution in [2.24, 2.45) is 0 Å². The average Bonchev–Trinajstić information content (AvgIpc) is 2.61. The summed E-state index contributed by atoms with van der Waals surface area (Å²) < 4.78 is 5.91. The zero-order valence-electron chi connectivity index (χ0n) is 14.5. The maximum atomic E-state index is 12.5. The van der Waals surface area contributed by atoms with Crippen molar-refractivity contribution in [3.8, 4) is 5.75 Å². The number of hydrogen-bond acceptors (Lipinski definition) is 2. The van der Waals surface area contributed by atoms with Gasteiger partial charge in [0.15, 0.2) is 6.10 Å². The molecule has 2 aromatic rings. The third-order valence-electron chi connectivity index (χ3n) is 4.62. The summed E-state index contributed by atoms with van der Waals surface area (Å²) in [5, 5.41) is 0. The number of nitrogens with zero attached hydrogens (tertiary/aromatic N) is 1. The molecular formula is C21H25NO2. The first-order chi connectivity index (χ1) is 11.6. The van der Waals surface area contributed by atoms with Crippen LogP contribution in [0.3, 0.4) is 0 Å². The molecule has 1 unspecified atom stereocenters. The minimum Gasteiger partial charge on any atom is -0.481 e. The van der Waals surface area contributed by atoms with E-state index in [-0.39, 0.29) is 5.91 Å². The Balaban J connectivity index is 1.61. The Kier molecular flexibility index (Phi) is 5.19. The number of fused-ring (bicyclic) bond motifs is 1. The first-order valence-electron chi connectivity index (χ1n) is 8.71. The van der Waals surface area contributed by atoms with Gasteiger partial charge in [-0.05, 0) is 61.4 Å². The molecule has 0 N–H and O–H groups in total. The summed E-state index contributed by atoms with van der Waals surface area (Å²) in [6, 6.07) is 16.3. The molecule has 0 fully saturated rings. The van der Waals surface area contributed by atoms with Gasteiger partial charge in [0.2, 0.25) is 0 Å². The summed E-state index contributed by atoms with van der Waals surface area (Å²) in [5.41, 5.74) is 3.92. The number of carbonyl (C=O) groups is 1. The van der Waals surface area contributed by atoms with E-state index in [1.54, 1.807) is 4.90 Å². The van der Waals surface area contributed by atoms with Crippen LogP contribution in [0.4, 0.5) is 0 Å². The van der Waals surface area contributed by atoms with Crippen molar-refractivity contribution < 1.29 is 9.53 Å². The van der Waals surface area contributed by atoms with E-state index in [2.05, 4.69) is 12.1 Å². The van der Waals surface area contributed by atoms with Crippen LogP contribution in [0.15, 0.2) is 48.5 Å². The van der Waals surface area contributed by atoms with Crippen LogP contribution in [0.2, 0.25) is 0 Å². The van der Waals surface area contributed by atoms with Crippen molar-refractivity contribution in [3.05, 3.63) is 65.2 Å². The monoisotopic (exact) mass is 323 g/mol. The second kappa shape index (κ2) is 7.52. The maximum Gasteiger partial charge on any atom is 0.263 e. The predicted octanol–water partition coefficient (Wildman–Crippen LogP) is 3.99. The first kappa shape index (κ1) is 16.6. The first-order valence-corrected chi connectivity index (χ1v) is 8.71. The highest BCUT2D eigenvalue weighted by molar-refractivity contribution is 5.80. The van der Waals surface area contributed by atoms with Crippen LogP contribution >= 0.6 is 0 Å².